The molecule has 113 heavy (non-hydrogen) atoms. The molecule has 0 aliphatic heterocycles. The van der Waals surface area contributed by atoms with Crippen molar-refractivity contribution in [1.82, 2.24) is 0 Å². The Morgan fingerprint density at radius 3 is 0.513 bits per heavy atom. The van der Waals surface area contributed by atoms with E-state index in [1.807, 2.05) is 0 Å². The van der Waals surface area contributed by atoms with Crippen LogP contribution in [0.1, 0.15) is 555 Å². The van der Waals surface area contributed by atoms with Gasteiger partial charge in [-0.1, -0.05) is 371 Å². The van der Waals surface area contributed by atoms with Gasteiger partial charge in [-0.15, -0.1) is 0 Å². The molecule has 2 atom stereocenters. The summed E-state index contributed by atoms with van der Waals surface area (Å²) in [7, 11) is 0. The maximum atomic E-state index is 10.5. The molecular formula is C104H198O8Ti. The summed E-state index contributed by atoms with van der Waals surface area (Å²) in [5.74, 6) is 1.42. The summed E-state index contributed by atoms with van der Waals surface area (Å²) < 4.78 is 3.22. The van der Waals surface area contributed by atoms with Gasteiger partial charge in [-0.2, -0.15) is 0 Å². The fourth-order valence-corrected chi connectivity index (χ4v) is 19.2. The van der Waals surface area contributed by atoms with E-state index in [1.54, 1.807) is 9.45 Å². The number of hydrogen-bond donors (Lipinski definition) is 4. The average molecular weight is 1620 g/mol. The first-order chi connectivity index (χ1) is 55.4. The van der Waals surface area contributed by atoms with Crippen LogP contribution in [0.2, 0.25) is 9.45 Å². The van der Waals surface area contributed by atoms with Gasteiger partial charge in [0.1, 0.15) is 0 Å². The Labute approximate surface area is 714 Å². The Morgan fingerprint density at radius 2 is 0.345 bits per heavy atom. The quantitative estimate of drug-likeness (QED) is 0.0267. The van der Waals surface area contributed by atoms with Crippen LogP contribution < -0.4 is 0 Å². The van der Waals surface area contributed by atoms with E-state index in [0.717, 1.165) is 75.0 Å². The minimum atomic E-state index is -0.664. The smallest absolute Gasteiger partial charge is 0.303 e. The van der Waals surface area contributed by atoms with Crippen LogP contribution in [0.15, 0.2) is 48.6 Å². The van der Waals surface area contributed by atoms with Crippen molar-refractivity contribution < 1.29 is 58.8 Å². The zero-order chi connectivity index (χ0) is 83.0. The molecule has 666 valence electrons. The minimum absolute atomic E-state index is 0.324. The van der Waals surface area contributed by atoms with Gasteiger partial charge in [0.15, 0.2) is 0 Å². The maximum Gasteiger partial charge on any atom is 0.303 e. The summed E-state index contributed by atoms with van der Waals surface area (Å²) in [6.07, 6.45) is 120. The third-order valence-corrected chi connectivity index (χ3v) is 26.7. The fourth-order valence-electron chi connectivity index (χ4n) is 16.1. The van der Waals surface area contributed by atoms with E-state index in [2.05, 4.69) is 90.2 Å². The van der Waals surface area contributed by atoms with Crippen molar-refractivity contribution in [3.05, 3.63) is 48.6 Å². The first-order valence-electron chi connectivity index (χ1n) is 50.6. The molecule has 0 aliphatic carbocycles. The molecular weight excluding hydrogens is 1430 g/mol. The first kappa shape index (κ1) is 115. The molecule has 0 heterocycles. The topological polar surface area (TPSA) is 149 Å². The molecule has 2 unspecified atom stereocenters. The van der Waals surface area contributed by atoms with Gasteiger partial charge in [0, 0.05) is 25.7 Å². The average Bonchev–Trinajstić information content (AvgIpc) is 1.07. The van der Waals surface area contributed by atoms with Gasteiger partial charge >= 0.3 is 143 Å². The van der Waals surface area contributed by atoms with E-state index < -0.39 is 23.9 Å². The normalized spacial score (nSPS) is 12.3. The standard InChI is InChI=1S/2C44H82O4.2C8H17.Ti/c2*1-2-3-4-27-32-37-42(38-33-28-23-19-15-11-7-5-9-13-17-21-25-30-35-40-43(45)46)39-34-29-24-20-16-12-8-6-10-14-18-22-26-31-36-41-44(47)48;2*1-4-6-7-8(3)5-2;/h2*5-6,9-10,42H,2-4,7-8,11-41H2,1H3,(H,45,46)(H,47,48);2*8H,3-7H2,1-2H3;/b2*9-5-,10-6-;;;. The zero-order valence-electron chi connectivity index (χ0n) is 76.8. The molecule has 0 rings (SSSR count). The molecule has 0 saturated carbocycles. The van der Waals surface area contributed by atoms with Gasteiger partial charge in [-0.05, 0) is 140 Å². The van der Waals surface area contributed by atoms with Gasteiger partial charge in [-0.25, -0.2) is 0 Å². The van der Waals surface area contributed by atoms with Gasteiger partial charge in [-0.3, -0.25) is 19.2 Å². The molecule has 0 spiro atoms. The molecule has 0 aromatic carbocycles. The maximum absolute atomic E-state index is 10.5. The van der Waals surface area contributed by atoms with E-state index in [4.69, 9.17) is 20.4 Å². The van der Waals surface area contributed by atoms with E-state index in [9.17, 15) is 19.2 Å². The van der Waals surface area contributed by atoms with Crippen molar-refractivity contribution in [3.63, 3.8) is 0 Å². The Kier molecular flexibility index (Phi) is 103. The van der Waals surface area contributed by atoms with E-state index in [0.29, 0.717) is 44.8 Å². The predicted molar refractivity (Wildman–Crippen MR) is 494 cm³/mol. The molecule has 0 radical (unpaired) electrons. The number of carboxylic acid groups (broad SMARTS) is 4. The van der Waals surface area contributed by atoms with Crippen molar-refractivity contribution in [2.45, 2.75) is 565 Å². The van der Waals surface area contributed by atoms with E-state index >= 15 is 0 Å². The molecule has 0 bridgehead atoms. The predicted octanol–water partition coefficient (Wildman–Crippen LogP) is 36.2. The summed E-state index contributed by atoms with van der Waals surface area (Å²) in [5, 5.41) is 34.7. The minimum Gasteiger partial charge on any atom is -0.481 e. The third kappa shape index (κ3) is 106. The zero-order valence-corrected chi connectivity index (χ0v) is 78.4. The Morgan fingerprint density at radius 1 is 0.195 bits per heavy atom. The molecule has 0 aliphatic rings. The van der Waals surface area contributed by atoms with Crippen LogP contribution in [0.4, 0.5) is 0 Å². The SMILES string of the molecule is CCCCC(CC)[CH2][Ti][CH2]C(CC)CCCC.CCCCCCCC(CCCCCCCC/C=C\CCCCCCCC(=O)O)CCCCCCCC/C=C\CCCCCCCC(=O)O.CCCCCCCC(CCCCCCCC/C=C\CCCCCCCC(=O)O)CCCCCCCC/C=C\CCCCCCCC(=O)O. The molecule has 0 amide bonds. The van der Waals surface area contributed by atoms with Crippen molar-refractivity contribution >= 4 is 23.9 Å². The van der Waals surface area contributed by atoms with Crippen LogP contribution in [-0.2, 0) is 38.3 Å². The van der Waals surface area contributed by atoms with E-state index in [-0.39, 0.29) is 0 Å². The van der Waals surface area contributed by atoms with Crippen LogP contribution in [-0.4, -0.2) is 44.3 Å². The molecule has 0 fully saturated rings. The van der Waals surface area contributed by atoms with Crippen molar-refractivity contribution in [3.8, 4) is 0 Å². The third-order valence-electron chi connectivity index (χ3n) is 24.0. The van der Waals surface area contributed by atoms with Crippen LogP contribution in [0.3, 0.4) is 0 Å². The van der Waals surface area contributed by atoms with Crippen molar-refractivity contribution in [1.29, 1.82) is 0 Å². The molecule has 0 saturated heterocycles. The molecule has 8 nitrogen and oxygen atoms in total. The number of hydrogen-bond acceptors (Lipinski definition) is 4. The summed E-state index contributed by atoms with van der Waals surface area (Å²) in [5.41, 5.74) is 0. The molecule has 0 aromatic rings. The summed E-state index contributed by atoms with van der Waals surface area (Å²) in [6, 6.07) is 0. The molecule has 9 heteroatoms. The second-order valence-electron chi connectivity index (χ2n) is 35.1. The number of carboxylic acids is 4. The van der Waals surface area contributed by atoms with Gasteiger partial charge in [0.05, 0.1) is 0 Å². The Balaban J connectivity index is -0.00000177. The van der Waals surface area contributed by atoms with Gasteiger partial charge < -0.3 is 20.4 Å². The number of unbranched alkanes of at least 4 members (excludes halogenated alkanes) is 54. The molecule has 0 aromatic heterocycles. The number of carbonyl (C=O) groups is 4. The van der Waals surface area contributed by atoms with Crippen molar-refractivity contribution in [2.75, 3.05) is 0 Å². The van der Waals surface area contributed by atoms with Crippen LogP contribution in [0, 0.1) is 23.7 Å². The number of aliphatic carboxylic acids is 4. The van der Waals surface area contributed by atoms with Crippen molar-refractivity contribution in [2.24, 2.45) is 23.7 Å². The Hall–Kier alpha value is -2.45. The van der Waals surface area contributed by atoms with Crippen LogP contribution in [0.5, 0.6) is 0 Å². The molecule has 4 N–H and O–H groups in total. The summed E-state index contributed by atoms with van der Waals surface area (Å²) in [6.45, 7) is 14.0. The van der Waals surface area contributed by atoms with E-state index in [1.165, 1.54) is 437 Å². The second kappa shape index (κ2) is 102. The Bertz CT molecular complexity index is 1750. The number of rotatable bonds is 92. The van der Waals surface area contributed by atoms with Gasteiger partial charge in [0.2, 0.25) is 0 Å². The summed E-state index contributed by atoms with van der Waals surface area (Å²) in [4.78, 5) is 42.1. The second-order valence-corrected chi connectivity index (χ2v) is 37.2. The monoisotopic (exact) mass is 1620 g/mol. The van der Waals surface area contributed by atoms with Crippen LogP contribution >= 0.6 is 0 Å². The number of allylic oxidation sites excluding steroid dienone is 8. The first-order valence-corrected chi connectivity index (χ1v) is 52.8. The largest absolute Gasteiger partial charge is 0.481 e. The van der Waals surface area contributed by atoms with Crippen LogP contribution in [0.25, 0.3) is 0 Å². The van der Waals surface area contributed by atoms with Gasteiger partial charge in [0.25, 0.3) is 0 Å². The summed E-state index contributed by atoms with van der Waals surface area (Å²) >= 11 is 0.362. The fraction of sp³-hybridized carbons (Fsp3) is 0.885.